The smallest absolute Gasteiger partial charge is 0.338 e. The van der Waals surface area contributed by atoms with Gasteiger partial charge in [-0.25, -0.2) is 4.79 Å². The second-order valence-corrected chi connectivity index (χ2v) is 20.0. The molecule has 51 heavy (non-hydrogen) atoms. The van der Waals surface area contributed by atoms with Crippen LogP contribution in [0, 0.1) is 56.7 Å². The summed E-state index contributed by atoms with van der Waals surface area (Å²) < 4.78 is 10.5. The average molecular weight is 700 g/mol. The molecule has 282 valence electrons. The number of hydrogen-bond donors (Lipinski definition) is 1. The molecule has 0 saturated heterocycles. The molecule has 0 spiro atoms. The van der Waals surface area contributed by atoms with Gasteiger partial charge in [0.1, 0.15) is 5.60 Å². The van der Waals surface area contributed by atoms with E-state index >= 15 is 0 Å². The fourth-order valence-electron chi connectivity index (χ4n) is 13.6. The predicted molar refractivity (Wildman–Crippen MR) is 208 cm³/mol. The Balaban J connectivity index is 1.25. The third kappa shape index (κ3) is 6.38. The summed E-state index contributed by atoms with van der Waals surface area (Å²) in [5, 5.41) is 3.85. The number of fused-ring (bicyclic) bond motifs is 7. The van der Waals surface area contributed by atoms with Gasteiger partial charge >= 0.3 is 11.9 Å². The second kappa shape index (κ2) is 13.5. The molecule has 4 fully saturated rings. The maximum absolute atomic E-state index is 12.8. The topological polar surface area (TPSA) is 64.6 Å². The van der Waals surface area contributed by atoms with E-state index in [1.807, 2.05) is 32.9 Å². The molecule has 0 amide bonds. The largest absolute Gasteiger partial charge is 0.469 e. The fourth-order valence-corrected chi connectivity index (χ4v) is 13.6. The quantitative estimate of drug-likeness (QED) is 0.158. The zero-order valence-electron chi connectivity index (χ0n) is 33.8. The molecule has 1 N–H and O–H groups in total. The first-order valence-corrected chi connectivity index (χ1v) is 20.3. The first-order valence-electron chi connectivity index (χ1n) is 20.3. The average Bonchev–Trinajstić information content (AvgIpc) is 3.44. The van der Waals surface area contributed by atoms with Crippen molar-refractivity contribution in [3.63, 3.8) is 0 Å². The second-order valence-electron chi connectivity index (χ2n) is 20.0. The van der Waals surface area contributed by atoms with E-state index in [0.29, 0.717) is 51.9 Å². The zero-order valence-corrected chi connectivity index (χ0v) is 33.8. The van der Waals surface area contributed by atoms with Crippen molar-refractivity contribution >= 4 is 17.5 Å². The summed E-state index contributed by atoms with van der Waals surface area (Å²) >= 11 is 0. The van der Waals surface area contributed by atoms with Crippen LogP contribution < -0.4 is 5.32 Å². The van der Waals surface area contributed by atoms with Gasteiger partial charge in [0.2, 0.25) is 0 Å². The van der Waals surface area contributed by atoms with Gasteiger partial charge < -0.3 is 14.8 Å². The fraction of sp³-hybridized carbons (Fsp3) is 0.739. The molecule has 5 heteroatoms. The minimum atomic E-state index is -0.505. The lowest BCUT2D eigenvalue weighted by atomic mass is 9.32. The van der Waals surface area contributed by atoms with E-state index in [0.717, 1.165) is 31.8 Å². The molecule has 1 aromatic carbocycles. The Morgan fingerprint density at radius 1 is 0.902 bits per heavy atom. The van der Waals surface area contributed by atoms with Gasteiger partial charge in [-0.05, 0) is 178 Å². The van der Waals surface area contributed by atoms with Crippen molar-refractivity contribution in [3.8, 4) is 0 Å². The van der Waals surface area contributed by atoms with Crippen LogP contribution in [0.4, 0.5) is 0 Å². The number of carbonyl (C=O) groups is 2. The van der Waals surface area contributed by atoms with Gasteiger partial charge in [-0.1, -0.05) is 65.0 Å². The van der Waals surface area contributed by atoms with E-state index in [4.69, 9.17) is 9.47 Å². The molecule has 0 unspecified atom stereocenters. The molecule has 5 aliphatic rings. The van der Waals surface area contributed by atoms with Crippen molar-refractivity contribution < 1.29 is 19.1 Å². The number of methoxy groups -OCH3 is 1. The molecule has 0 aliphatic heterocycles. The summed E-state index contributed by atoms with van der Waals surface area (Å²) in [5.74, 6) is 2.96. The van der Waals surface area contributed by atoms with Gasteiger partial charge in [-0.2, -0.15) is 0 Å². The Morgan fingerprint density at radius 2 is 1.61 bits per heavy atom. The molecule has 0 heterocycles. The number of esters is 2. The van der Waals surface area contributed by atoms with Gasteiger partial charge in [-0.3, -0.25) is 4.79 Å². The van der Waals surface area contributed by atoms with Gasteiger partial charge in [0.05, 0.1) is 12.7 Å². The summed E-state index contributed by atoms with van der Waals surface area (Å²) in [7, 11) is 1.48. The minimum absolute atomic E-state index is 0.0390. The number of carbonyl (C=O) groups excluding carboxylic acids is 2. The van der Waals surface area contributed by atoms with Crippen molar-refractivity contribution in [1.29, 1.82) is 0 Å². The predicted octanol–water partition coefficient (Wildman–Crippen LogP) is 10.8. The zero-order chi connectivity index (χ0) is 37.2. The third-order valence-corrected chi connectivity index (χ3v) is 16.1. The van der Waals surface area contributed by atoms with Crippen molar-refractivity contribution in [3.05, 3.63) is 53.6 Å². The molecule has 4 saturated carbocycles. The monoisotopic (exact) mass is 700 g/mol. The number of rotatable bonds is 9. The summed E-state index contributed by atoms with van der Waals surface area (Å²) in [6.07, 6.45) is 15.5. The van der Waals surface area contributed by atoms with Crippen LogP contribution in [0.3, 0.4) is 0 Å². The summed E-state index contributed by atoms with van der Waals surface area (Å²) in [5.41, 5.74) is 5.43. The molecular formula is C46H69NO4. The Bertz CT molecular complexity index is 1530. The first kappa shape index (κ1) is 38.3. The third-order valence-electron chi connectivity index (χ3n) is 16.1. The van der Waals surface area contributed by atoms with Gasteiger partial charge in [-0.15, -0.1) is 0 Å². The minimum Gasteiger partial charge on any atom is -0.469 e. The number of allylic oxidation sites excluding steroid dienone is 3. The molecular weight excluding hydrogens is 631 g/mol. The molecule has 5 nitrogen and oxygen atoms in total. The highest BCUT2D eigenvalue weighted by Gasteiger charge is 2.70. The van der Waals surface area contributed by atoms with Gasteiger partial charge in [0.15, 0.2) is 0 Å². The highest BCUT2D eigenvalue weighted by molar-refractivity contribution is 5.90. The van der Waals surface area contributed by atoms with Gasteiger partial charge in [0, 0.05) is 13.0 Å². The lowest BCUT2D eigenvalue weighted by Crippen LogP contribution is -2.65. The number of hydrogen-bond acceptors (Lipinski definition) is 5. The van der Waals surface area contributed by atoms with E-state index < -0.39 is 5.60 Å². The molecule has 6 rings (SSSR count). The Morgan fingerprint density at radius 3 is 2.25 bits per heavy atom. The van der Waals surface area contributed by atoms with E-state index in [-0.39, 0.29) is 22.8 Å². The lowest BCUT2D eigenvalue weighted by molar-refractivity contribution is -0.225. The summed E-state index contributed by atoms with van der Waals surface area (Å²) in [4.78, 5) is 24.5. The van der Waals surface area contributed by atoms with Crippen molar-refractivity contribution in [2.75, 3.05) is 20.2 Å². The molecule has 0 bridgehead atoms. The van der Waals surface area contributed by atoms with Crippen LogP contribution in [0.2, 0.25) is 0 Å². The van der Waals surface area contributed by atoms with Crippen molar-refractivity contribution in [1.82, 2.24) is 5.32 Å². The first-order chi connectivity index (χ1) is 23.8. The van der Waals surface area contributed by atoms with Crippen LogP contribution in [-0.4, -0.2) is 37.7 Å². The molecule has 1 aromatic rings. The molecule has 0 aromatic heterocycles. The van der Waals surface area contributed by atoms with E-state index in [2.05, 4.69) is 71.6 Å². The highest BCUT2D eigenvalue weighted by atomic mass is 16.6. The van der Waals surface area contributed by atoms with Crippen LogP contribution in [-0.2, 0) is 14.3 Å². The van der Waals surface area contributed by atoms with Gasteiger partial charge in [0.25, 0.3) is 0 Å². The van der Waals surface area contributed by atoms with E-state index in [1.54, 1.807) is 0 Å². The Hall–Kier alpha value is -2.40. The Labute approximate surface area is 310 Å². The van der Waals surface area contributed by atoms with E-state index in [1.165, 1.54) is 75.2 Å². The normalized spacial score (nSPS) is 38.3. The van der Waals surface area contributed by atoms with E-state index in [9.17, 15) is 9.59 Å². The van der Waals surface area contributed by atoms with Crippen LogP contribution in [0.1, 0.15) is 149 Å². The number of nitrogens with one attached hydrogen (secondary N) is 1. The summed E-state index contributed by atoms with van der Waals surface area (Å²) in [6.45, 7) is 27.7. The number of benzene rings is 1. The standard InChI is InChI=1S/C46H69NO4/c1-30(2)33-20-25-46(29-47-28-12-13-38(48)50-11)27-26-44(9)35(39(33)46)18-19-37-43(8)23-21-34(42(6,7)36(43)22-24-45(37,44)10)31-14-16-32(17-15-31)40(49)51-41(3,4)5/h14-17,21,33,35-37,39,47H,1,12-13,18-20,22-29H2,2-11H3/t33-,35+,36-,37+,39+,43-,44+,45+,46+/m0/s1. The maximum atomic E-state index is 12.8. The van der Waals surface area contributed by atoms with Crippen molar-refractivity contribution in [2.45, 2.75) is 139 Å². The SMILES string of the molecule is C=C(C)[C@@H]1CC[C@]2(CNCCCC(=O)OC)CC[C@]3(C)[C@H](CC[C@@H]4[C@@]5(C)CC=C(c6ccc(C(=O)OC(C)(C)C)cc6)C(C)(C)[C@@H]5CC[C@]43C)[C@@H]12. The summed E-state index contributed by atoms with van der Waals surface area (Å²) in [6, 6.07) is 8.21. The molecule has 5 aliphatic carbocycles. The van der Waals surface area contributed by atoms with Crippen LogP contribution in [0.5, 0.6) is 0 Å². The number of ether oxygens (including phenoxy) is 2. The molecule has 9 atom stereocenters. The van der Waals surface area contributed by atoms with Crippen LogP contribution in [0.15, 0.2) is 42.5 Å². The van der Waals surface area contributed by atoms with Crippen LogP contribution >= 0.6 is 0 Å². The Kier molecular flexibility index (Phi) is 10.1. The molecule has 0 radical (unpaired) electrons. The maximum Gasteiger partial charge on any atom is 0.338 e. The van der Waals surface area contributed by atoms with Crippen LogP contribution in [0.25, 0.3) is 5.57 Å². The van der Waals surface area contributed by atoms with Crippen molar-refractivity contribution in [2.24, 2.45) is 56.7 Å². The lowest BCUT2D eigenvalue weighted by Gasteiger charge is -2.72. The highest BCUT2D eigenvalue weighted by Crippen LogP contribution is 2.77.